The van der Waals surface area contributed by atoms with Crippen LogP contribution in [0.2, 0.25) is 0 Å². The van der Waals surface area contributed by atoms with Gasteiger partial charge in [0.05, 0.1) is 4.90 Å². The highest BCUT2D eigenvalue weighted by molar-refractivity contribution is 7.89. The largest absolute Gasteiger partial charge is 0.398 e. The van der Waals surface area contributed by atoms with Crippen LogP contribution in [0.3, 0.4) is 0 Å². The van der Waals surface area contributed by atoms with Gasteiger partial charge in [-0.15, -0.1) is 0 Å². The Balaban J connectivity index is 2.15. The maximum Gasteiger partial charge on any atom is 0.240 e. The number of nitrogen functional groups attached to an aromatic ring is 1. The molecule has 3 N–H and O–H groups in total. The molecule has 1 aromatic rings. The zero-order valence-corrected chi connectivity index (χ0v) is 12.7. The number of nitrogens with two attached hydrogens (primary N) is 1. The normalized spacial score (nSPS) is 17.1. The summed E-state index contributed by atoms with van der Waals surface area (Å²) < 4.78 is 40.6. The number of nitrogens with one attached hydrogen (secondary N) is 1. The molecule has 6 heteroatoms. The maximum absolute atomic E-state index is 13.6. The lowest BCUT2D eigenvalue weighted by Crippen LogP contribution is -2.30. The summed E-state index contributed by atoms with van der Waals surface area (Å²) in [5.41, 5.74) is 6.16. The first kappa shape index (κ1) is 15.3. The van der Waals surface area contributed by atoms with Gasteiger partial charge < -0.3 is 5.73 Å². The van der Waals surface area contributed by atoms with Crippen LogP contribution in [-0.2, 0) is 10.0 Å². The number of rotatable bonds is 6. The Bertz CT molecular complexity index is 587. The quantitative estimate of drug-likeness (QED) is 0.793. The second kappa shape index (κ2) is 5.33. The van der Waals surface area contributed by atoms with E-state index in [1.807, 2.05) is 0 Å². The molecule has 0 amide bonds. The van der Waals surface area contributed by atoms with Crippen LogP contribution >= 0.6 is 0 Å². The van der Waals surface area contributed by atoms with Crippen LogP contribution in [0.25, 0.3) is 0 Å². The van der Waals surface area contributed by atoms with Gasteiger partial charge in [-0.1, -0.05) is 13.3 Å². The molecule has 0 radical (unpaired) electrons. The highest BCUT2D eigenvalue weighted by Gasteiger charge is 2.42. The molecule has 1 saturated carbocycles. The summed E-state index contributed by atoms with van der Waals surface area (Å²) >= 11 is 0. The molecule has 4 nitrogen and oxygen atoms in total. The van der Waals surface area contributed by atoms with Gasteiger partial charge >= 0.3 is 0 Å². The smallest absolute Gasteiger partial charge is 0.240 e. The first-order chi connectivity index (χ1) is 9.30. The average molecular weight is 300 g/mol. The molecule has 0 saturated heterocycles. The summed E-state index contributed by atoms with van der Waals surface area (Å²) in [4.78, 5) is -0.106. The van der Waals surface area contributed by atoms with Crippen LogP contribution in [-0.4, -0.2) is 15.0 Å². The van der Waals surface area contributed by atoms with Gasteiger partial charge in [-0.2, -0.15) is 0 Å². The molecule has 0 bridgehead atoms. The molecule has 0 atom stereocenters. The second-order valence-corrected chi connectivity index (χ2v) is 7.46. The minimum absolute atomic E-state index is 0.106. The van der Waals surface area contributed by atoms with Gasteiger partial charge in [0.2, 0.25) is 10.0 Å². The van der Waals surface area contributed by atoms with Gasteiger partial charge in [0.25, 0.3) is 0 Å². The van der Waals surface area contributed by atoms with E-state index in [1.165, 1.54) is 13.0 Å². The zero-order valence-electron chi connectivity index (χ0n) is 11.9. The predicted octanol–water partition coefficient (Wildman–Crippen LogP) is 2.57. The third kappa shape index (κ3) is 3.12. The summed E-state index contributed by atoms with van der Waals surface area (Å²) in [5, 5.41) is 0. The lowest BCUT2D eigenvalue weighted by molar-refractivity contribution is 0.449. The van der Waals surface area contributed by atoms with Gasteiger partial charge in [-0.3, -0.25) is 0 Å². The van der Waals surface area contributed by atoms with E-state index in [9.17, 15) is 12.8 Å². The van der Waals surface area contributed by atoms with E-state index < -0.39 is 15.8 Å². The third-order valence-electron chi connectivity index (χ3n) is 4.04. The molecule has 1 fully saturated rings. The van der Waals surface area contributed by atoms with E-state index >= 15 is 0 Å². The number of anilines is 1. The van der Waals surface area contributed by atoms with Crippen LogP contribution in [0.4, 0.5) is 10.1 Å². The van der Waals surface area contributed by atoms with E-state index in [0.29, 0.717) is 6.54 Å². The van der Waals surface area contributed by atoms with Gasteiger partial charge in [0, 0.05) is 17.8 Å². The molecule has 0 heterocycles. The van der Waals surface area contributed by atoms with E-state index in [4.69, 9.17) is 5.73 Å². The fourth-order valence-electron chi connectivity index (χ4n) is 2.38. The van der Waals surface area contributed by atoms with Crippen molar-refractivity contribution >= 4 is 15.7 Å². The molecule has 0 aromatic heterocycles. The Hall–Kier alpha value is -1.14. The molecule has 20 heavy (non-hydrogen) atoms. The number of sulfonamides is 1. The first-order valence-corrected chi connectivity index (χ1v) is 8.33. The van der Waals surface area contributed by atoms with Crippen molar-refractivity contribution in [2.24, 2.45) is 5.41 Å². The highest BCUT2D eigenvalue weighted by atomic mass is 32.2. The van der Waals surface area contributed by atoms with Crippen molar-refractivity contribution in [1.82, 2.24) is 4.72 Å². The Morgan fingerprint density at radius 1 is 1.40 bits per heavy atom. The van der Waals surface area contributed by atoms with Crippen LogP contribution in [0.5, 0.6) is 0 Å². The zero-order chi connectivity index (χ0) is 15.0. The standard InChI is InChI=1S/C14H21FN2O2S/c1-3-4-14(5-6-14)9-17-20(18,19)11-7-12(15)10(2)13(16)8-11/h7-8,17H,3-6,9,16H2,1-2H3. The SMILES string of the molecule is CCCC1(CNS(=O)(=O)c2cc(N)c(C)c(F)c2)CC1. The van der Waals surface area contributed by atoms with Gasteiger partial charge in [-0.05, 0) is 43.7 Å². The fraction of sp³-hybridized carbons (Fsp3) is 0.571. The van der Waals surface area contributed by atoms with Crippen molar-refractivity contribution < 1.29 is 12.8 Å². The summed E-state index contributed by atoms with van der Waals surface area (Å²) in [6, 6.07) is 2.33. The molecular weight excluding hydrogens is 279 g/mol. The minimum atomic E-state index is -3.70. The number of hydrogen-bond acceptors (Lipinski definition) is 3. The average Bonchev–Trinajstić information content (AvgIpc) is 3.14. The van der Waals surface area contributed by atoms with Crippen LogP contribution in [0.1, 0.15) is 38.2 Å². The fourth-order valence-corrected chi connectivity index (χ4v) is 3.59. The summed E-state index contributed by atoms with van der Waals surface area (Å²) in [5.74, 6) is -0.597. The van der Waals surface area contributed by atoms with E-state index in [2.05, 4.69) is 11.6 Å². The summed E-state index contributed by atoms with van der Waals surface area (Å²) in [7, 11) is -3.70. The predicted molar refractivity (Wildman–Crippen MR) is 77.3 cm³/mol. The lowest BCUT2D eigenvalue weighted by Gasteiger charge is -2.15. The van der Waals surface area contributed by atoms with E-state index in [-0.39, 0.29) is 21.6 Å². The topological polar surface area (TPSA) is 72.2 Å². The number of hydrogen-bond donors (Lipinski definition) is 2. The Morgan fingerprint density at radius 2 is 2.05 bits per heavy atom. The molecular formula is C14H21FN2O2S. The molecule has 112 valence electrons. The third-order valence-corrected chi connectivity index (χ3v) is 5.42. The van der Waals surface area contributed by atoms with Gasteiger partial charge in [-0.25, -0.2) is 17.5 Å². The molecule has 1 aliphatic rings. The van der Waals surface area contributed by atoms with Crippen LogP contribution < -0.4 is 10.5 Å². The van der Waals surface area contributed by atoms with E-state index in [1.54, 1.807) is 0 Å². The lowest BCUT2D eigenvalue weighted by atomic mass is 10.0. The molecule has 1 aliphatic carbocycles. The van der Waals surface area contributed by atoms with Crippen molar-refractivity contribution in [3.05, 3.63) is 23.5 Å². The van der Waals surface area contributed by atoms with E-state index in [0.717, 1.165) is 31.7 Å². The van der Waals surface area contributed by atoms with Crippen molar-refractivity contribution in [1.29, 1.82) is 0 Å². The molecule has 1 aromatic carbocycles. The number of halogens is 1. The van der Waals surface area contributed by atoms with Crippen LogP contribution in [0.15, 0.2) is 17.0 Å². The van der Waals surface area contributed by atoms with Crippen molar-refractivity contribution in [3.63, 3.8) is 0 Å². The monoisotopic (exact) mass is 300 g/mol. The van der Waals surface area contributed by atoms with Crippen LogP contribution in [0, 0.1) is 18.2 Å². The van der Waals surface area contributed by atoms with Gasteiger partial charge in [0.15, 0.2) is 0 Å². The molecule has 0 unspecified atom stereocenters. The molecule has 0 aliphatic heterocycles. The van der Waals surface area contributed by atoms with Crippen molar-refractivity contribution in [3.8, 4) is 0 Å². The first-order valence-electron chi connectivity index (χ1n) is 6.85. The highest BCUT2D eigenvalue weighted by Crippen LogP contribution is 2.49. The molecule has 0 spiro atoms. The van der Waals surface area contributed by atoms with Gasteiger partial charge in [0.1, 0.15) is 5.82 Å². The summed E-state index contributed by atoms with van der Waals surface area (Å²) in [6.07, 6.45) is 4.15. The molecule has 2 rings (SSSR count). The Labute approximate surface area is 119 Å². The Kier molecular flexibility index (Phi) is 4.07. The minimum Gasteiger partial charge on any atom is -0.398 e. The summed E-state index contributed by atoms with van der Waals surface area (Å²) in [6.45, 7) is 4.03. The number of benzene rings is 1. The Morgan fingerprint density at radius 3 is 2.55 bits per heavy atom. The van der Waals surface area contributed by atoms with Crippen molar-refractivity contribution in [2.45, 2.75) is 44.4 Å². The second-order valence-electron chi connectivity index (χ2n) is 5.69. The maximum atomic E-state index is 13.6. The van der Waals surface area contributed by atoms with Crippen molar-refractivity contribution in [2.75, 3.05) is 12.3 Å².